The average Bonchev–Trinajstić information content (AvgIpc) is 3.13. The van der Waals surface area contributed by atoms with Crippen molar-refractivity contribution < 1.29 is 14.4 Å². The number of amidine groups is 1. The van der Waals surface area contributed by atoms with Gasteiger partial charge in [-0.3, -0.25) is 4.79 Å². The molecule has 1 aromatic rings. The molecule has 1 aliphatic carbocycles. The minimum absolute atomic E-state index is 0.0836. The van der Waals surface area contributed by atoms with Gasteiger partial charge in [0.1, 0.15) is 11.2 Å². The average molecular weight is 251 g/mol. The van der Waals surface area contributed by atoms with Crippen molar-refractivity contribution in [2.24, 2.45) is 16.3 Å². The second-order valence-corrected chi connectivity index (χ2v) is 4.48. The molecule has 18 heavy (non-hydrogen) atoms. The van der Waals surface area contributed by atoms with E-state index in [4.69, 9.17) is 10.9 Å². The van der Waals surface area contributed by atoms with Gasteiger partial charge in [0, 0.05) is 5.69 Å². The SMILES string of the molecule is Cc1cc(F)ccc1NC(=O)C1(/C(N)=N/O)CC1. The van der Waals surface area contributed by atoms with Gasteiger partial charge in [-0.25, -0.2) is 4.39 Å². The number of halogens is 1. The van der Waals surface area contributed by atoms with Crippen molar-refractivity contribution in [2.45, 2.75) is 19.8 Å². The molecule has 1 fully saturated rings. The van der Waals surface area contributed by atoms with Crippen LogP contribution in [0, 0.1) is 18.2 Å². The second-order valence-electron chi connectivity index (χ2n) is 4.48. The standard InChI is InChI=1S/C12H14FN3O2/c1-7-6-8(13)2-3-9(7)15-11(17)12(4-5-12)10(14)16-18/h2-3,6,18H,4-5H2,1H3,(H2,14,16)(H,15,17). The van der Waals surface area contributed by atoms with E-state index in [2.05, 4.69) is 10.5 Å². The number of oxime groups is 1. The Morgan fingerprint density at radius 3 is 2.72 bits per heavy atom. The third-order valence-electron chi connectivity index (χ3n) is 3.22. The lowest BCUT2D eigenvalue weighted by molar-refractivity contribution is -0.119. The molecule has 1 amide bonds. The Kier molecular flexibility index (Phi) is 2.94. The summed E-state index contributed by atoms with van der Waals surface area (Å²) >= 11 is 0. The van der Waals surface area contributed by atoms with Crippen LogP contribution in [0.3, 0.4) is 0 Å². The molecule has 5 nitrogen and oxygen atoms in total. The second kappa shape index (κ2) is 4.29. The van der Waals surface area contributed by atoms with Crippen LogP contribution >= 0.6 is 0 Å². The van der Waals surface area contributed by atoms with Gasteiger partial charge >= 0.3 is 0 Å². The van der Waals surface area contributed by atoms with Gasteiger partial charge in [-0.2, -0.15) is 0 Å². The summed E-state index contributed by atoms with van der Waals surface area (Å²) in [5.41, 5.74) is 5.75. The van der Waals surface area contributed by atoms with Crippen molar-refractivity contribution >= 4 is 17.4 Å². The van der Waals surface area contributed by atoms with Crippen LogP contribution in [0.15, 0.2) is 23.4 Å². The van der Waals surface area contributed by atoms with Gasteiger partial charge < -0.3 is 16.3 Å². The number of benzene rings is 1. The van der Waals surface area contributed by atoms with E-state index in [1.165, 1.54) is 18.2 Å². The normalized spacial score (nSPS) is 17.3. The third-order valence-corrected chi connectivity index (χ3v) is 3.22. The van der Waals surface area contributed by atoms with E-state index in [9.17, 15) is 9.18 Å². The van der Waals surface area contributed by atoms with Crippen LogP contribution < -0.4 is 11.1 Å². The first-order valence-electron chi connectivity index (χ1n) is 5.55. The van der Waals surface area contributed by atoms with Crippen LogP contribution in [0.5, 0.6) is 0 Å². The molecule has 4 N–H and O–H groups in total. The lowest BCUT2D eigenvalue weighted by Gasteiger charge is -2.15. The summed E-state index contributed by atoms with van der Waals surface area (Å²) < 4.78 is 12.9. The van der Waals surface area contributed by atoms with Gasteiger partial charge in [-0.1, -0.05) is 5.16 Å². The van der Waals surface area contributed by atoms with E-state index in [1.54, 1.807) is 6.92 Å². The lowest BCUT2D eigenvalue weighted by atomic mass is 10.0. The number of nitrogens with two attached hydrogens (primary N) is 1. The summed E-state index contributed by atoms with van der Waals surface area (Å²) in [5, 5.41) is 14.2. The number of amides is 1. The number of nitrogens with zero attached hydrogens (tertiary/aromatic N) is 1. The van der Waals surface area contributed by atoms with E-state index in [1.807, 2.05) is 0 Å². The molecular formula is C12H14FN3O2. The van der Waals surface area contributed by atoms with Crippen LogP contribution in [0.1, 0.15) is 18.4 Å². The van der Waals surface area contributed by atoms with Gasteiger partial charge in [0.25, 0.3) is 0 Å². The number of nitrogens with one attached hydrogen (secondary N) is 1. The third kappa shape index (κ3) is 2.01. The number of hydrogen-bond donors (Lipinski definition) is 3. The zero-order chi connectivity index (χ0) is 13.3. The molecule has 6 heteroatoms. The Morgan fingerprint density at radius 1 is 1.56 bits per heavy atom. The van der Waals surface area contributed by atoms with Crippen LogP contribution in [0.2, 0.25) is 0 Å². The summed E-state index contributed by atoms with van der Waals surface area (Å²) in [6, 6.07) is 4.09. The molecule has 1 saturated carbocycles. The fourth-order valence-corrected chi connectivity index (χ4v) is 1.83. The first kappa shape index (κ1) is 12.3. The molecule has 96 valence electrons. The van der Waals surface area contributed by atoms with Gasteiger partial charge in [-0.15, -0.1) is 0 Å². The number of carbonyl (C=O) groups excluding carboxylic acids is 1. The predicted molar refractivity (Wildman–Crippen MR) is 64.8 cm³/mol. The number of aryl methyl sites for hydroxylation is 1. The van der Waals surface area contributed by atoms with Crippen LogP contribution in [0.25, 0.3) is 0 Å². The molecule has 0 unspecified atom stereocenters. The Balaban J connectivity index is 2.18. The Hall–Kier alpha value is -2.11. The highest BCUT2D eigenvalue weighted by atomic mass is 19.1. The first-order chi connectivity index (χ1) is 8.49. The van der Waals surface area contributed by atoms with Crippen molar-refractivity contribution in [2.75, 3.05) is 5.32 Å². The molecule has 1 aromatic carbocycles. The van der Waals surface area contributed by atoms with Crippen LogP contribution in [-0.4, -0.2) is 17.0 Å². The monoisotopic (exact) mass is 251 g/mol. The summed E-state index contributed by atoms with van der Waals surface area (Å²) in [6.07, 6.45) is 1.10. The Bertz CT molecular complexity index is 524. The fraction of sp³-hybridized carbons (Fsp3) is 0.333. The van der Waals surface area contributed by atoms with Crippen molar-refractivity contribution in [1.82, 2.24) is 0 Å². The highest BCUT2D eigenvalue weighted by Crippen LogP contribution is 2.46. The minimum Gasteiger partial charge on any atom is -0.409 e. The highest BCUT2D eigenvalue weighted by molar-refractivity contribution is 6.14. The molecular weight excluding hydrogens is 237 g/mol. The zero-order valence-electron chi connectivity index (χ0n) is 9.90. The largest absolute Gasteiger partial charge is 0.409 e. The summed E-state index contributed by atoms with van der Waals surface area (Å²) in [5.74, 6) is -0.768. The van der Waals surface area contributed by atoms with E-state index >= 15 is 0 Å². The molecule has 0 aromatic heterocycles. The zero-order valence-corrected chi connectivity index (χ0v) is 9.90. The van der Waals surface area contributed by atoms with Gasteiger partial charge in [-0.05, 0) is 43.5 Å². The maximum atomic E-state index is 12.9. The lowest BCUT2D eigenvalue weighted by Crippen LogP contribution is -2.36. The van der Waals surface area contributed by atoms with Crippen LogP contribution in [0.4, 0.5) is 10.1 Å². The minimum atomic E-state index is -0.907. The number of anilines is 1. The maximum Gasteiger partial charge on any atom is 0.238 e. The highest BCUT2D eigenvalue weighted by Gasteiger charge is 2.54. The van der Waals surface area contributed by atoms with Crippen molar-refractivity contribution in [3.05, 3.63) is 29.6 Å². The van der Waals surface area contributed by atoms with E-state index < -0.39 is 5.41 Å². The molecule has 1 aliphatic rings. The molecule has 2 rings (SSSR count). The van der Waals surface area contributed by atoms with Crippen molar-refractivity contribution in [3.63, 3.8) is 0 Å². The molecule has 0 aliphatic heterocycles. The Labute approximate surface area is 103 Å². The van der Waals surface area contributed by atoms with E-state index in [0.717, 1.165) is 0 Å². The number of rotatable bonds is 3. The first-order valence-corrected chi connectivity index (χ1v) is 5.55. The van der Waals surface area contributed by atoms with Crippen molar-refractivity contribution in [3.8, 4) is 0 Å². The van der Waals surface area contributed by atoms with Crippen LogP contribution in [-0.2, 0) is 4.79 Å². The Morgan fingerprint density at radius 2 is 2.22 bits per heavy atom. The van der Waals surface area contributed by atoms with E-state index in [0.29, 0.717) is 24.1 Å². The topological polar surface area (TPSA) is 87.7 Å². The fourth-order valence-electron chi connectivity index (χ4n) is 1.83. The molecule has 0 spiro atoms. The molecule has 0 atom stereocenters. The van der Waals surface area contributed by atoms with E-state index in [-0.39, 0.29) is 17.6 Å². The molecule has 0 saturated heterocycles. The van der Waals surface area contributed by atoms with Gasteiger partial charge in [0.2, 0.25) is 5.91 Å². The quantitative estimate of drug-likeness (QED) is 0.330. The summed E-state index contributed by atoms with van der Waals surface area (Å²) in [7, 11) is 0. The predicted octanol–water partition coefficient (Wildman–Crippen LogP) is 1.60. The molecule has 0 heterocycles. The van der Waals surface area contributed by atoms with Gasteiger partial charge in [0.05, 0.1) is 0 Å². The number of hydrogen-bond acceptors (Lipinski definition) is 3. The van der Waals surface area contributed by atoms with Gasteiger partial charge in [0.15, 0.2) is 5.84 Å². The van der Waals surface area contributed by atoms with Crippen molar-refractivity contribution in [1.29, 1.82) is 0 Å². The molecule has 0 radical (unpaired) electrons. The summed E-state index contributed by atoms with van der Waals surface area (Å²) in [4.78, 5) is 12.1. The maximum absolute atomic E-state index is 12.9. The number of carbonyl (C=O) groups is 1. The molecule has 0 bridgehead atoms. The smallest absolute Gasteiger partial charge is 0.238 e. The summed E-state index contributed by atoms with van der Waals surface area (Å²) in [6.45, 7) is 1.70.